The van der Waals surface area contributed by atoms with Crippen LogP contribution in [0.15, 0.2) is 36.5 Å². The molecular weight excluding hydrogens is 276 g/mol. The summed E-state index contributed by atoms with van der Waals surface area (Å²) in [4.78, 5) is 20.1. The van der Waals surface area contributed by atoms with Crippen molar-refractivity contribution in [3.63, 3.8) is 0 Å². The molecule has 0 radical (unpaired) electrons. The zero-order valence-corrected chi connectivity index (χ0v) is 12.9. The lowest BCUT2D eigenvalue weighted by Gasteiger charge is -2.17. The lowest BCUT2D eigenvalue weighted by atomic mass is 9.87. The molecule has 1 fully saturated rings. The SMILES string of the molecule is Cc1ncc(CC[C@]2(c3ccccc3)C[C@H]2C(=O)O)c(C)n1. The first-order valence-corrected chi connectivity index (χ1v) is 7.60. The zero-order chi connectivity index (χ0) is 15.7. The highest BCUT2D eigenvalue weighted by molar-refractivity contribution is 5.77. The molecule has 1 heterocycles. The number of aliphatic carboxylic acids is 1. The molecule has 22 heavy (non-hydrogen) atoms. The summed E-state index contributed by atoms with van der Waals surface area (Å²) in [5, 5.41) is 9.41. The van der Waals surface area contributed by atoms with E-state index in [2.05, 4.69) is 9.97 Å². The lowest BCUT2D eigenvalue weighted by Crippen LogP contribution is -2.16. The fourth-order valence-corrected chi connectivity index (χ4v) is 3.35. The minimum atomic E-state index is -0.694. The van der Waals surface area contributed by atoms with E-state index in [4.69, 9.17) is 0 Å². The van der Waals surface area contributed by atoms with E-state index in [1.54, 1.807) is 0 Å². The number of aromatic nitrogens is 2. The van der Waals surface area contributed by atoms with Crippen molar-refractivity contribution in [3.05, 3.63) is 59.2 Å². The highest BCUT2D eigenvalue weighted by Gasteiger charge is 2.58. The van der Waals surface area contributed by atoms with Gasteiger partial charge in [0, 0.05) is 17.3 Å². The maximum Gasteiger partial charge on any atom is 0.307 e. The highest BCUT2D eigenvalue weighted by atomic mass is 16.4. The minimum absolute atomic E-state index is 0.232. The second kappa shape index (κ2) is 5.52. The first kappa shape index (κ1) is 14.7. The third-order valence-corrected chi connectivity index (χ3v) is 4.76. The van der Waals surface area contributed by atoms with Crippen LogP contribution in [0.2, 0.25) is 0 Å². The Morgan fingerprint density at radius 2 is 2.05 bits per heavy atom. The van der Waals surface area contributed by atoms with E-state index < -0.39 is 5.97 Å². The first-order valence-electron chi connectivity index (χ1n) is 7.60. The Labute approximate surface area is 130 Å². The minimum Gasteiger partial charge on any atom is -0.481 e. The first-order chi connectivity index (χ1) is 10.5. The summed E-state index contributed by atoms with van der Waals surface area (Å²) in [6.45, 7) is 3.87. The van der Waals surface area contributed by atoms with Crippen LogP contribution < -0.4 is 0 Å². The number of aryl methyl sites for hydroxylation is 3. The molecule has 114 valence electrons. The molecule has 1 N–H and O–H groups in total. The smallest absolute Gasteiger partial charge is 0.307 e. The van der Waals surface area contributed by atoms with Gasteiger partial charge >= 0.3 is 5.97 Å². The Morgan fingerprint density at radius 3 is 2.64 bits per heavy atom. The molecule has 0 aliphatic heterocycles. The van der Waals surface area contributed by atoms with Gasteiger partial charge in [0.25, 0.3) is 0 Å². The van der Waals surface area contributed by atoms with Crippen LogP contribution in [0.3, 0.4) is 0 Å². The average molecular weight is 296 g/mol. The van der Waals surface area contributed by atoms with Crippen LogP contribution >= 0.6 is 0 Å². The fraction of sp³-hybridized carbons (Fsp3) is 0.389. The summed E-state index contributed by atoms with van der Waals surface area (Å²) < 4.78 is 0. The number of carboxylic acids is 1. The Morgan fingerprint density at radius 1 is 1.32 bits per heavy atom. The molecule has 4 nitrogen and oxygen atoms in total. The molecule has 0 spiro atoms. The van der Waals surface area contributed by atoms with Gasteiger partial charge in [0.2, 0.25) is 0 Å². The number of rotatable bonds is 5. The molecule has 1 aromatic heterocycles. The molecule has 3 rings (SSSR count). The second-order valence-electron chi connectivity index (χ2n) is 6.14. The van der Waals surface area contributed by atoms with Gasteiger partial charge in [-0.05, 0) is 44.2 Å². The topological polar surface area (TPSA) is 63.1 Å². The number of benzene rings is 1. The molecular formula is C18H20N2O2. The average Bonchev–Trinajstić information content (AvgIpc) is 3.24. The standard InChI is InChI=1S/C18H20N2O2/c1-12-14(11-19-13(2)20-12)8-9-18(10-16(18)17(21)22)15-6-4-3-5-7-15/h3-7,11,16H,8-10H2,1-2H3,(H,21,22)/t16-,18+/m0/s1. The van der Waals surface area contributed by atoms with E-state index in [9.17, 15) is 9.90 Å². The van der Waals surface area contributed by atoms with E-state index in [0.717, 1.165) is 41.9 Å². The maximum atomic E-state index is 11.4. The summed E-state index contributed by atoms with van der Waals surface area (Å²) in [5.41, 5.74) is 3.00. The molecule has 0 bridgehead atoms. The van der Waals surface area contributed by atoms with Crippen LogP contribution in [-0.4, -0.2) is 21.0 Å². The number of nitrogens with zero attached hydrogens (tertiary/aromatic N) is 2. The van der Waals surface area contributed by atoms with Crippen LogP contribution in [-0.2, 0) is 16.6 Å². The molecule has 0 saturated heterocycles. The molecule has 2 aromatic rings. The normalized spacial score (nSPS) is 23.3. The van der Waals surface area contributed by atoms with Crippen LogP contribution in [0.5, 0.6) is 0 Å². The predicted molar refractivity (Wildman–Crippen MR) is 83.7 cm³/mol. The molecule has 1 saturated carbocycles. The molecule has 1 aliphatic carbocycles. The van der Waals surface area contributed by atoms with Crippen molar-refractivity contribution in [3.8, 4) is 0 Å². The molecule has 4 heteroatoms. The quantitative estimate of drug-likeness (QED) is 0.921. The Hall–Kier alpha value is -2.23. The van der Waals surface area contributed by atoms with E-state index in [-0.39, 0.29) is 11.3 Å². The summed E-state index contributed by atoms with van der Waals surface area (Å²) in [5.74, 6) is -0.198. The molecule has 1 aromatic carbocycles. The number of hydrogen-bond donors (Lipinski definition) is 1. The summed E-state index contributed by atoms with van der Waals surface area (Å²) in [6, 6.07) is 10.0. The molecule has 0 amide bonds. The van der Waals surface area contributed by atoms with Gasteiger partial charge in [0.05, 0.1) is 5.92 Å². The van der Waals surface area contributed by atoms with E-state index in [0.29, 0.717) is 0 Å². The Kier molecular flexibility index (Phi) is 3.69. The van der Waals surface area contributed by atoms with Gasteiger partial charge in [-0.15, -0.1) is 0 Å². The van der Waals surface area contributed by atoms with Crippen LogP contribution in [0.1, 0.15) is 35.5 Å². The fourth-order valence-electron chi connectivity index (χ4n) is 3.35. The molecule has 1 aliphatic rings. The monoisotopic (exact) mass is 296 g/mol. The van der Waals surface area contributed by atoms with Crippen molar-refractivity contribution < 1.29 is 9.90 Å². The van der Waals surface area contributed by atoms with Crippen LogP contribution in [0, 0.1) is 19.8 Å². The van der Waals surface area contributed by atoms with Gasteiger partial charge in [-0.1, -0.05) is 30.3 Å². The van der Waals surface area contributed by atoms with Crippen molar-refractivity contribution in [1.29, 1.82) is 0 Å². The molecule has 0 unspecified atom stereocenters. The van der Waals surface area contributed by atoms with E-state index in [1.165, 1.54) is 0 Å². The molecule has 2 atom stereocenters. The Balaban J connectivity index is 1.82. The largest absolute Gasteiger partial charge is 0.481 e. The number of carboxylic acid groups (broad SMARTS) is 1. The summed E-state index contributed by atoms with van der Waals surface area (Å²) >= 11 is 0. The Bertz CT molecular complexity index is 699. The van der Waals surface area contributed by atoms with Gasteiger partial charge in [-0.2, -0.15) is 0 Å². The zero-order valence-electron chi connectivity index (χ0n) is 12.9. The van der Waals surface area contributed by atoms with Crippen LogP contribution in [0.4, 0.5) is 0 Å². The van der Waals surface area contributed by atoms with Gasteiger partial charge in [0.15, 0.2) is 0 Å². The van der Waals surface area contributed by atoms with E-state index in [1.807, 2.05) is 50.4 Å². The van der Waals surface area contributed by atoms with Gasteiger partial charge in [-0.3, -0.25) is 4.79 Å². The van der Waals surface area contributed by atoms with Gasteiger partial charge < -0.3 is 5.11 Å². The second-order valence-corrected chi connectivity index (χ2v) is 6.14. The summed E-state index contributed by atoms with van der Waals surface area (Å²) in [6.07, 6.45) is 4.22. The van der Waals surface area contributed by atoms with Crippen molar-refractivity contribution >= 4 is 5.97 Å². The lowest BCUT2D eigenvalue weighted by molar-refractivity contribution is -0.139. The van der Waals surface area contributed by atoms with Gasteiger partial charge in [0.1, 0.15) is 5.82 Å². The predicted octanol–water partition coefficient (Wildman–Crippen LogP) is 3.07. The highest BCUT2D eigenvalue weighted by Crippen LogP contribution is 2.57. The number of carbonyl (C=O) groups is 1. The van der Waals surface area contributed by atoms with Crippen molar-refractivity contribution in [2.75, 3.05) is 0 Å². The number of hydrogen-bond acceptors (Lipinski definition) is 3. The summed E-state index contributed by atoms with van der Waals surface area (Å²) in [7, 11) is 0. The van der Waals surface area contributed by atoms with Crippen molar-refractivity contribution in [2.45, 2.75) is 38.5 Å². The van der Waals surface area contributed by atoms with Gasteiger partial charge in [-0.25, -0.2) is 9.97 Å². The van der Waals surface area contributed by atoms with Crippen molar-refractivity contribution in [2.24, 2.45) is 5.92 Å². The van der Waals surface area contributed by atoms with Crippen molar-refractivity contribution in [1.82, 2.24) is 9.97 Å². The van der Waals surface area contributed by atoms with Crippen LogP contribution in [0.25, 0.3) is 0 Å². The third-order valence-electron chi connectivity index (χ3n) is 4.76. The van der Waals surface area contributed by atoms with E-state index >= 15 is 0 Å². The third kappa shape index (κ3) is 2.61. The maximum absolute atomic E-state index is 11.4.